The van der Waals surface area contributed by atoms with E-state index in [1.807, 2.05) is 6.07 Å². The van der Waals surface area contributed by atoms with E-state index < -0.39 is 0 Å². The van der Waals surface area contributed by atoms with Gasteiger partial charge in [0.15, 0.2) is 0 Å². The van der Waals surface area contributed by atoms with E-state index in [9.17, 15) is 0 Å². The lowest BCUT2D eigenvalue weighted by molar-refractivity contribution is 0.550. The molecule has 84 valence electrons. The van der Waals surface area contributed by atoms with Crippen LogP contribution in [0.2, 0.25) is 0 Å². The van der Waals surface area contributed by atoms with Gasteiger partial charge in [-0.25, -0.2) is 4.98 Å². The quantitative estimate of drug-likeness (QED) is 0.877. The average molecular weight is 232 g/mol. The topological polar surface area (TPSA) is 24.9 Å². The zero-order valence-electron chi connectivity index (χ0n) is 9.60. The van der Waals surface area contributed by atoms with Gasteiger partial charge in [-0.15, -0.1) is 11.3 Å². The molecule has 3 rings (SSSR count). The molecule has 1 saturated carbocycles. The first-order valence-electron chi connectivity index (χ1n) is 5.85. The van der Waals surface area contributed by atoms with Crippen LogP contribution in [0.25, 0.3) is 10.2 Å². The fraction of sp³-hybridized carbons (Fsp3) is 0.462. The van der Waals surface area contributed by atoms with Crippen molar-refractivity contribution in [2.45, 2.75) is 32.4 Å². The van der Waals surface area contributed by atoms with Crippen molar-refractivity contribution in [2.75, 3.05) is 0 Å². The minimum Gasteiger partial charge on any atom is -0.305 e. The van der Waals surface area contributed by atoms with Gasteiger partial charge in [0, 0.05) is 6.04 Å². The minimum atomic E-state index is 0.382. The molecule has 0 spiro atoms. The second-order valence-electron chi connectivity index (χ2n) is 4.73. The highest BCUT2D eigenvalue weighted by molar-refractivity contribution is 7.18. The Bertz CT molecular complexity index is 472. The molecule has 2 nitrogen and oxygen atoms in total. The van der Waals surface area contributed by atoms with Gasteiger partial charge in [0.05, 0.1) is 16.3 Å². The summed E-state index contributed by atoms with van der Waals surface area (Å²) in [4.78, 5) is 4.67. The molecule has 1 heterocycles. The molecule has 0 saturated heterocycles. The maximum atomic E-state index is 4.67. The summed E-state index contributed by atoms with van der Waals surface area (Å²) in [7, 11) is 0. The van der Waals surface area contributed by atoms with Crippen LogP contribution in [0.4, 0.5) is 0 Å². The van der Waals surface area contributed by atoms with E-state index in [4.69, 9.17) is 0 Å². The van der Waals surface area contributed by atoms with Crippen LogP contribution in [-0.4, -0.2) is 11.0 Å². The number of hydrogen-bond acceptors (Lipinski definition) is 3. The van der Waals surface area contributed by atoms with E-state index in [-0.39, 0.29) is 0 Å². The molecule has 3 unspecified atom stereocenters. The van der Waals surface area contributed by atoms with E-state index in [1.165, 1.54) is 16.1 Å². The summed E-state index contributed by atoms with van der Waals surface area (Å²) in [6.45, 7) is 4.51. The fourth-order valence-corrected chi connectivity index (χ4v) is 3.00. The number of nitrogens with zero attached hydrogens (tertiary/aromatic N) is 1. The molecule has 1 aromatic carbocycles. The van der Waals surface area contributed by atoms with Crippen LogP contribution >= 0.6 is 11.3 Å². The predicted octanol–water partition coefficient (Wildman–Crippen LogP) is 3.36. The predicted molar refractivity (Wildman–Crippen MR) is 68.7 cm³/mol. The average Bonchev–Trinajstić information content (AvgIpc) is 2.82. The van der Waals surface area contributed by atoms with Crippen LogP contribution in [0.5, 0.6) is 0 Å². The molecular weight excluding hydrogens is 216 g/mol. The van der Waals surface area contributed by atoms with Crippen LogP contribution < -0.4 is 5.32 Å². The van der Waals surface area contributed by atoms with Crippen molar-refractivity contribution in [2.24, 2.45) is 5.92 Å². The highest BCUT2D eigenvalue weighted by Crippen LogP contribution is 2.33. The largest absolute Gasteiger partial charge is 0.305 e. The van der Waals surface area contributed by atoms with Crippen molar-refractivity contribution in [3.8, 4) is 0 Å². The van der Waals surface area contributed by atoms with Crippen LogP contribution in [0.3, 0.4) is 0 Å². The van der Waals surface area contributed by atoms with Gasteiger partial charge in [-0.3, -0.25) is 0 Å². The number of rotatable bonds is 3. The maximum absolute atomic E-state index is 4.67. The summed E-state index contributed by atoms with van der Waals surface area (Å²) in [6.07, 6.45) is 1.31. The summed E-state index contributed by atoms with van der Waals surface area (Å²) >= 11 is 1.80. The SMILES string of the molecule is CC(NC1CC1C)c1nc2ccccc2s1. The third-order valence-electron chi connectivity index (χ3n) is 3.25. The van der Waals surface area contributed by atoms with Gasteiger partial charge < -0.3 is 5.32 Å². The lowest BCUT2D eigenvalue weighted by atomic mass is 10.3. The monoisotopic (exact) mass is 232 g/mol. The van der Waals surface area contributed by atoms with Gasteiger partial charge in [-0.05, 0) is 31.4 Å². The second-order valence-corrected chi connectivity index (χ2v) is 5.79. The molecule has 3 atom stereocenters. The summed E-state index contributed by atoms with van der Waals surface area (Å²) in [5.41, 5.74) is 1.12. The smallest absolute Gasteiger partial charge is 0.111 e. The summed E-state index contributed by atoms with van der Waals surface area (Å²) in [5.74, 6) is 0.844. The van der Waals surface area contributed by atoms with E-state index in [2.05, 4.69) is 42.3 Å². The zero-order valence-corrected chi connectivity index (χ0v) is 10.4. The Hall–Kier alpha value is -0.930. The van der Waals surface area contributed by atoms with Gasteiger partial charge >= 0.3 is 0 Å². The lowest BCUT2D eigenvalue weighted by Gasteiger charge is -2.09. The first kappa shape index (κ1) is 10.2. The van der Waals surface area contributed by atoms with Gasteiger partial charge in [-0.2, -0.15) is 0 Å². The molecule has 0 aliphatic heterocycles. The Morgan fingerprint density at radius 2 is 2.19 bits per heavy atom. The minimum absolute atomic E-state index is 0.382. The van der Waals surface area contributed by atoms with Crippen molar-refractivity contribution < 1.29 is 0 Å². The highest BCUT2D eigenvalue weighted by atomic mass is 32.1. The summed E-state index contributed by atoms with van der Waals surface area (Å²) in [5, 5.41) is 4.84. The Kier molecular flexibility index (Phi) is 2.45. The zero-order chi connectivity index (χ0) is 11.1. The molecular formula is C13H16N2S. The number of nitrogens with one attached hydrogen (secondary N) is 1. The number of para-hydroxylation sites is 1. The van der Waals surface area contributed by atoms with E-state index >= 15 is 0 Å². The standard InChI is InChI=1S/C13H16N2S/c1-8-7-11(8)14-9(2)13-15-10-5-3-4-6-12(10)16-13/h3-6,8-9,11,14H,7H2,1-2H3. The van der Waals surface area contributed by atoms with Crippen molar-refractivity contribution >= 4 is 21.6 Å². The Balaban J connectivity index is 1.82. The van der Waals surface area contributed by atoms with Gasteiger partial charge in [0.25, 0.3) is 0 Å². The highest BCUT2D eigenvalue weighted by Gasteiger charge is 2.33. The Morgan fingerprint density at radius 1 is 1.44 bits per heavy atom. The van der Waals surface area contributed by atoms with Crippen LogP contribution in [0.1, 0.15) is 31.3 Å². The molecule has 0 amide bonds. The van der Waals surface area contributed by atoms with E-state index in [0.29, 0.717) is 12.1 Å². The molecule has 1 aromatic heterocycles. The van der Waals surface area contributed by atoms with Crippen LogP contribution in [-0.2, 0) is 0 Å². The van der Waals surface area contributed by atoms with Crippen molar-refractivity contribution in [1.29, 1.82) is 0 Å². The lowest BCUT2D eigenvalue weighted by Crippen LogP contribution is -2.21. The number of hydrogen-bond donors (Lipinski definition) is 1. The summed E-state index contributed by atoms with van der Waals surface area (Å²) < 4.78 is 1.29. The normalized spacial score (nSPS) is 25.9. The molecule has 1 N–H and O–H groups in total. The van der Waals surface area contributed by atoms with Crippen LogP contribution in [0, 0.1) is 5.92 Å². The van der Waals surface area contributed by atoms with E-state index in [1.54, 1.807) is 11.3 Å². The molecule has 1 aliphatic rings. The van der Waals surface area contributed by atoms with Crippen LogP contribution in [0.15, 0.2) is 24.3 Å². The molecule has 1 aliphatic carbocycles. The van der Waals surface area contributed by atoms with Gasteiger partial charge in [0.2, 0.25) is 0 Å². The number of thiazole rings is 1. The van der Waals surface area contributed by atoms with Crippen molar-refractivity contribution in [3.63, 3.8) is 0 Å². The number of benzene rings is 1. The first-order chi connectivity index (χ1) is 7.74. The molecule has 0 radical (unpaired) electrons. The summed E-state index contributed by atoms with van der Waals surface area (Å²) in [6, 6.07) is 9.44. The fourth-order valence-electron chi connectivity index (χ4n) is 2.02. The Morgan fingerprint density at radius 3 is 2.88 bits per heavy atom. The third-order valence-corrected chi connectivity index (χ3v) is 4.47. The Labute approximate surface area is 99.7 Å². The molecule has 1 fully saturated rings. The third kappa shape index (κ3) is 1.85. The van der Waals surface area contributed by atoms with Crippen molar-refractivity contribution in [3.05, 3.63) is 29.3 Å². The molecule has 0 bridgehead atoms. The number of aromatic nitrogens is 1. The second kappa shape index (κ2) is 3.82. The molecule has 3 heteroatoms. The number of fused-ring (bicyclic) bond motifs is 1. The first-order valence-corrected chi connectivity index (χ1v) is 6.67. The van der Waals surface area contributed by atoms with Gasteiger partial charge in [-0.1, -0.05) is 19.1 Å². The molecule has 2 aromatic rings. The maximum Gasteiger partial charge on any atom is 0.111 e. The van der Waals surface area contributed by atoms with E-state index in [0.717, 1.165) is 11.4 Å². The molecule has 16 heavy (non-hydrogen) atoms. The van der Waals surface area contributed by atoms with Gasteiger partial charge in [0.1, 0.15) is 5.01 Å². The van der Waals surface area contributed by atoms with Crippen molar-refractivity contribution in [1.82, 2.24) is 10.3 Å².